The molecule has 3 nitrogen and oxygen atoms in total. The Hall–Kier alpha value is -0.570. The lowest BCUT2D eigenvalue weighted by molar-refractivity contribution is -0.152. The van der Waals surface area contributed by atoms with Gasteiger partial charge in [0, 0.05) is 0 Å². The number of ether oxygens (including phenoxy) is 1. The lowest BCUT2D eigenvalue weighted by atomic mass is 9.89. The number of nitrogens with one attached hydrogen (secondary N) is 1. The Kier molecular flexibility index (Phi) is 6.56. The molecule has 1 saturated heterocycles. The molecule has 2 atom stereocenters. The largest absolute Gasteiger partial charge is 0.465 e. The van der Waals surface area contributed by atoms with Crippen molar-refractivity contribution in [1.82, 2.24) is 5.32 Å². The molecule has 3 heteroatoms. The molecule has 100 valence electrons. The van der Waals surface area contributed by atoms with Crippen LogP contribution < -0.4 is 5.32 Å². The molecule has 1 heterocycles. The van der Waals surface area contributed by atoms with Crippen LogP contribution in [0.25, 0.3) is 0 Å². The molecular formula is C14H27NO2. The van der Waals surface area contributed by atoms with E-state index in [1.54, 1.807) is 0 Å². The van der Waals surface area contributed by atoms with Gasteiger partial charge in [0.25, 0.3) is 0 Å². The van der Waals surface area contributed by atoms with Crippen LogP contribution in [0.15, 0.2) is 0 Å². The van der Waals surface area contributed by atoms with Gasteiger partial charge in [-0.05, 0) is 31.3 Å². The highest BCUT2D eigenvalue weighted by Gasteiger charge is 2.29. The fraction of sp³-hybridized carbons (Fsp3) is 0.929. The molecule has 0 amide bonds. The molecule has 0 bridgehead atoms. The molecule has 0 aromatic rings. The molecule has 1 aliphatic rings. The first-order valence-corrected chi connectivity index (χ1v) is 7.06. The summed E-state index contributed by atoms with van der Waals surface area (Å²) in [5.74, 6) is 1.08. The average Bonchev–Trinajstić information content (AvgIpc) is 2.26. The van der Waals surface area contributed by atoms with Crippen LogP contribution in [0.2, 0.25) is 0 Å². The zero-order valence-corrected chi connectivity index (χ0v) is 11.5. The summed E-state index contributed by atoms with van der Waals surface area (Å²) in [4.78, 5) is 11.8. The van der Waals surface area contributed by atoms with Gasteiger partial charge in [-0.2, -0.15) is 0 Å². The van der Waals surface area contributed by atoms with Crippen molar-refractivity contribution in [3.05, 3.63) is 0 Å². The number of rotatable bonds is 8. The highest BCUT2D eigenvalue weighted by Crippen LogP contribution is 2.19. The molecule has 0 radical (unpaired) electrons. The molecule has 1 N–H and O–H groups in total. The second-order valence-corrected chi connectivity index (χ2v) is 5.25. The molecular weight excluding hydrogens is 214 g/mol. The predicted molar refractivity (Wildman–Crippen MR) is 69.8 cm³/mol. The van der Waals surface area contributed by atoms with Crippen molar-refractivity contribution in [3.8, 4) is 0 Å². The van der Waals surface area contributed by atoms with Crippen LogP contribution in [0.4, 0.5) is 0 Å². The standard InChI is InChI=1S/C14H27NO2/c1-4-6-7-12(5-2)10-17-14(16)11(3)13-8-15-9-13/h11-13,15H,4-10H2,1-3H3. The Balaban J connectivity index is 2.20. The molecule has 1 aliphatic heterocycles. The van der Waals surface area contributed by atoms with Gasteiger partial charge in [-0.3, -0.25) is 4.79 Å². The topological polar surface area (TPSA) is 38.3 Å². The first-order chi connectivity index (χ1) is 8.19. The van der Waals surface area contributed by atoms with Crippen molar-refractivity contribution in [2.45, 2.75) is 46.5 Å². The minimum absolute atomic E-state index is 0.00792. The maximum atomic E-state index is 11.8. The van der Waals surface area contributed by atoms with Crippen molar-refractivity contribution in [2.24, 2.45) is 17.8 Å². The van der Waals surface area contributed by atoms with Gasteiger partial charge in [0.15, 0.2) is 0 Å². The molecule has 0 aliphatic carbocycles. The summed E-state index contributed by atoms with van der Waals surface area (Å²) in [5, 5.41) is 3.19. The van der Waals surface area contributed by atoms with E-state index in [0.29, 0.717) is 18.4 Å². The molecule has 1 fully saturated rings. The lowest BCUT2D eigenvalue weighted by Crippen LogP contribution is -2.47. The highest BCUT2D eigenvalue weighted by molar-refractivity contribution is 5.72. The number of hydrogen-bond acceptors (Lipinski definition) is 3. The van der Waals surface area contributed by atoms with Crippen molar-refractivity contribution >= 4 is 5.97 Å². The Morgan fingerprint density at radius 3 is 2.59 bits per heavy atom. The lowest BCUT2D eigenvalue weighted by Gasteiger charge is -2.31. The fourth-order valence-corrected chi connectivity index (χ4v) is 2.09. The summed E-state index contributed by atoms with van der Waals surface area (Å²) in [6.07, 6.45) is 4.74. The zero-order chi connectivity index (χ0) is 12.7. The van der Waals surface area contributed by atoms with E-state index >= 15 is 0 Å². The van der Waals surface area contributed by atoms with Gasteiger partial charge < -0.3 is 10.1 Å². The average molecular weight is 241 g/mol. The number of hydrogen-bond donors (Lipinski definition) is 1. The monoisotopic (exact) mass is 241 g/mol. The predicted octanol–water partition coefficient (Wildman–Crippen LogP) is 2.60. The zero-order valence-electron chi connectivity index (χ0n) is 11.5. The smallest absolute Gasteiger partial charge is 0.309 e. The Labute approximate surface area is 105 Å². The van der Waals surface area contributed by atoms with E-state index in [4.69, 9.17) is 4.74 Å². The number of carbonyl (C=O) groups is 1. The third-order valence-corrected chi connectivity index (χ3v) is 3.90. The summed E-state index contributed by atoms with van der Waals surface area (Å²) in [7, 11) is 0. The fourth-order valence-electron chi connectivity index (χ4n) is 2.09. The van der Waals surface area contributed by atoms with Crippen molar-refractivity contribution in [3.63, 3.8) is 0 Å². The second-order valence-electron chi connectivity index (χ2n) is 5.25. The number of carbonyl (C=O) groups excluding carboxylic acids is 1. The molecule has 2 unspecified atom stereocenters. The van der Waals surface area contributed by atoms with Crippen molar-refractivity contribution in [1.29, 1.82) is 0 Å². The summed E-state index contributed by atoms with van der Waals surface area (Å²) < 4.78 is 5.44. The third-order valence-electron chi connectivity index (χ3n) is 3.90. The first kappa shape index (κ1) is 14.5. The minimum atomic E-state index is -0.00792. The van der Waals surface area contributed by atoms with E-state index in [1.807, 2.05) is 6.92 Å². The van der Waals surface area contributed by atoms with Gasteiger partial charge in [0.1, 0.15) is 0 Å². The van der Waals surface area contributed by atoms with Crippen LogP contribution in [-0.2, 0) is 9.53 Å². The van der Waals surface area contributed by atoms with Crippen LogP contribution in [0.5, 0.6) is 0 Å². The second kappa shape index (κ2) is 7.70. The normalized spacial score (nSPS) is 19.5. The van der Waals surface area contributed by atoms with E-state index in [2.05, 4.69) is 19.2 Å². The molecule has 17 heavy (non-hydrogen) atoms. The quantitative estimate of drug-likeness (QED) is 0.664. The van der Waals surface area contributed by atoms with E-state index in [9.17, 15) is 4.79 Å². The van der Waals surface area contributed by atoms with E-state index in [1.165, 1.54) is 19.3 Å². The van der Waals surface area contributed by atoms with Crippen LogP contribution in [-0.4, -0.2) is 25.7 Å². The maximum absolute atomic E-state index is 11.8. The first-order valence-electron chi connectivity index (χ1n) is 7.06. The summed E-state index contributed by atoms with van der Waals surface area (Å²) in [5.41, 5.74) is 0. The summed E-state index contributed by atoms with van der Waals surface area (Å²) in [6.45, 7) is 8.89. The van der Waals surface area contributed by atoms with Gasteiger partial charge in [-0.15, -0.1) is 0 Å². The van der Waals surface area contributed by atoms with Crippen molar-refractivity contribution < 1.29 is 9.53 Å². The van der Waals surface area contributed by atoms with Crippen LogP contribution in [0, 0.1) is 17.8 Å². The van der Waals surface area contributed by atoms with Gasteiger partial charge in [0.2, 0.25) is 0 Å². The van der Waals surface area contributed by atoms with Gasteiger partial charge in [-0.25, -0.2) is 0 Å². The van der Waals surface area contributed by atoms with E-state index < -0.39 is 0 Å². The molecule has 0 aromatic carbocycles. The Morgan fingerprint density at radius 2 is 2.12 bits per heavy atom. The van der Waals surface area contributed by atoms with Crippen LogP contribution in [0.1, 0.15) is 46.5 Å². The summed E-state index contributed by atoms with van der Waals surface area (Å²) in [6, 6.07) is 0. The van der Waals surface area contributed by atoms with E-state index in [0.717, 1.165) is 19.5 Å². The number of esters is 1. The molecule has 0 aromatic heterocycles. The maximum Gasteiger partial charge on any atom is 0.309 e. The Bertz CT molecular complexity index is 226. The van der Waals surface area contributed by atoms with Gasteiger partial charge in [0.05, 0.1) is 12.5 Å². The van der Waals surface area contributed by atoms with E-state index in [-0.39, 0.29) is 11.9 Å². The third kappa shape index (κ3) is 4.66. The van der Waals surface area contributed by atoms with Gasteiger partial charge >= 0.3 is 5.97 Å². The minimum Gasteiger partial charge on any atom is -0.465 e. The van der Waals surface area contributed by atoms with Gasteiger partial charge in [-0.1, -0.05) is 40.0 Å². The molecule has 0 saturated carbocycles. The number of unbranched alkanes of at least 4 members (excludes halogenated alkanes) is 1. The molecule has 0 spiro atoms. The van der Waals surface area contributed by atoms with Crippen LogP contribution >= 0.6 is 0 Å². The Morgan fingerprint density at radius 1 is 1.41 bits per heavy atom. The van der Waals surface area contributed by atoms with Crippen molar-refractivity contribution in [2.75, 3.05) is 19.7 Å². The SMILES string of the molecule is CCCCC(CC)COC(=O)C(C)C1CNC1. The van der Waals surface area contributed by atoms with Crippen LogP contribution in [0.3, 0.4) is 0 Å². The highest BCUT2D eigenvalue weighted by atomic mass is 16.5. The molecule has 1 rings (SSSR count). The summed E-state index contributed by atoms with van der Waals surface area (Å²) >= 11 is 0.